The standard InChI is InChI=1S/C15H15N4/c1-12-5-3-7-16-14(12)18-9-10-19(11-18)15-13(2)6-4-8-17-15/h3-11H,1-2H3/q+1. The molecule has 0 atom stereocenters. The molecule has 0 N–H and O–H groups in total. The van der Waals surface area contributed by atoms with Crippen LogP contribution < -0.4 is 4.57 Å². The largest absolute Gasteiger partial charge is 0.269 e. The van der Waals surface area contributed by atoms with Crippen LogP contribution in [0.2, 0.25) is 0 Å². The average molecular weight is 251 g/mol. The number of aryl methyl sites for hydroxylation is 2. The summed E-state index contributed by atoms with van der Waals surface area (Å²) in [6.07, 6.45) is 9.58. The van der Waals surface area contributed by atoms with Gasteiger partial charge in [-0.05, 0) is 32.0 Å². The van der Waals surface area contributed by atoms with Crippen LogP contribution in [-0.2, 0) is 0 Å². The second kappa shape index (κ2) is 4.65. The molecule has 3 aromatic heterocycles. The Hall–Kier alpha value is -2.49. The molecule has 0 aromatic carbocycles. The SMILES string of the molecule is Cc1cccnc1-n1cc[n+](-c2ncccc2C)c1. The van der Waals surface area contributed by atoms with Gasteiger partial charge in [-0.3, -0.25) is 0 Å². The van der Waals surface area contributed by atoms with Crippen molar-refractivity contribution >= 4 is 0 Å². The molecule has 0 aliphatic carbocycles. The lowest BCUT2D eigenvalue weighted by molar-refractivity contribution is -0.599. The van der Waals surface area contributed by atoms with Crippen molar-refractivity contribution in [2.45, 2.75) is 13.8 Å². The second-order valence-electron chi connectivity index (χ2n) is 4.52. The minimum atomic E-state index is 0.940. The van der Waals surface area contributed by atoms with Gasteiger partial charge in [-0.1, -0.05) is 6.07 Å². The molecule has 0 spiro atoms. The topological polar surface area (TPSA) is 34.6 Å². The Morgan fingerprint density at radius 2 is 1.74 bits per heavy atom. The van der Waals surface area contributed by atoms with Crippen LogP contribution in [0.4, 0.5) is 0 Å². The summed E-state index contributed by atoms with van der Waals surface area (Å²) in [6.45, 7) is 4.11. The Morgan fingerprint density at radius 1 is 1.00 bits per heavy atom. The normalized spacial score (nSPS) is 10.6. The Labute approximate surface area is 112 Å². The van der Waals surface area contributed by atoms with Gasteiger partial charge in [-0.2, -0.15) is 0 Å². The molecule has 0 aliphatic heterocycles. The van der Waals surface area contributed by atoms with Gasteiger partial charge in [0.1, 0.15) is 18.6 Å². The van der Waals surface area contributed by atoms with Crippen molar-refractivity contribution in [2.24, 2.45) is 0 Å². The number of hydrogen-bond donors (Lipinski definition) is 0. The summed E-state index contributed by atoms with van der Waals surface area (Å²) in [5, 5.41) is 0. The zero-order valence-electron chi connectivity index (χ0n) is 11.0. The number of hydrogen-bond acceptors (Lipinski definition) is 2. The molecule has 0 aliphatic rings. The smallest absolute Gasteiger partial charge is 0.224 e. The summed E-state index contributed by atoms with van der Waals surface area (Å²) in [5.74, 6) is 1.88. The third-order valence-electron chi connectivity index (χ3n) is 3.09. The fourth-order valence-electron chi connectivity index (χ4n) is 2.10. The van der Waals surface area contributed by atoms with E-state index in [1.807, 2.05) is 40.0 Å². The van der Waals surface area contributed by atoms with Crippen molar-refractivity contribution in [3.8, 4) is 11.6 Å². The van der Waals surface area contributed by atoms with Crippen LogP contribution in [0.1, 0.15) is 11.1 Å². The van der Waals surface area contributed by atoms with E-state index >= 15 is 0 Å². The van der Waals surface area contributed by atoms with E-state index in [2.05, 4.69) is 35.9 Å². The quantitative estimate of drug-likeness (QED) is 0.654. The number of imidazole rings is 1. The van der Waals surface area contributed by atoms with Crippen LogP contribution in [0, 0.1) is 13.8 Å². The monoisotopic (exact) mass is 251 g/mol. The number of nitrogens with zero attached hydrogens (tertiary/aromatic N) is 4. The molecule has 19 heavy (non-hydrogen) atoms. The fourth-order valence-corrected chi connectivity index (χ4v) is 2.10. The molecule has 0 saturated heterocycles. The summed E-state index contributed by atoms with van der Waals surface area (Å²) in [5.41, 5.74) is 2.28. The van der Waals surface area contributed by atoms with Crippen molar-refractivity contribution in [1.82, 2.24) is 14.5 Å². The first-order chi connectivity index (χ1) is 9.25. The zero-order valence-corrected chi connectivity index (χ0v) is 11.0. The van der Waals surface area contributed by atoms with Gasteiger partial charge in [-0.15, -0.1) is 4.98 Å². The predicted octanol–water partition coefficient (Wildman–Crippen LogP) is 2.16. The molecular weight excluding hydrogens is 236 g/mol. The van der Waals surface area contributed by atoms with Gasteiger partial charge in [-0.25, -0.2) is 14.1 Å². The van der Waals surface area contributed by atoms with Gasteiger partial charge in [0.2, 0.25) is 6.33 Å². The average Bonchev–Trinajstić information content (AvgIpc) is 2.89. The lowest BCUT2D eigenvalue weighted by atomic mass is 10.3. The van der Waals surface area contributed by atoms with E-state index in [4.69, 9.17) is 0 Å². The van der Waals surface area contributed by atoms with E-state index in [0.29, 0.717) is 0 Å². The lowest BCUT2D eigenvalue weighted by Crippen LogP contribution is -2.30. The van der Waals surface area contributed by atoms with Gasteiger partial charge in [0.05, 0.1) is 0 Å². The Balaban J connectivity index is 2.06. The van der Waals surface area contributed by atoms with Crippen molar-refractivity contribution < 1.29 is 4.57 Å². The highest BCUT2D eigenvalue weighted by Crippen LogP contribution is 2.09. The number of pyridine rings is 2. The van der Waals surface area contributed by atoms with Crippen LogP contribution in [0.5, 0.6) is 0 Å². The molecule has 0 unspecified atom stereocenters. The maximum absolute atomic E-state index is 4.41. The summed E-state index contributed by atoms with van der Waals surface area (Å²) in [7, 11) is 0. The summed E-state index contributed by atoms with van der Waals surface area (Å²) >= 11 is 0. The first kappa shape index (κ1) is 11.6. The van der Waals surface area contributed by atoms with Crippen LogP contribution in [0.15, 0.2) is 55.4 Å². The minimum Gasteiger partial charge on any atom is -0.224 e. The molecule has 94 valence electrons. The lowest BCUT2D eigenvalue weighted by Gasteiger charge is -2.00. The molecule has 3 heterocycles. The molecule has 3 rings (SSSR count). The van der Waals surface area contributed by atoms with Crippen LogP contribution in [0.3, 0.4) is 0 Å². The molecule has 3 aromatic rings. The molecule has 4 heteroatoms. The maximum atomic E-state index is 4.41. The van der Waals surface area contributed by atoms with E-state index in [-0.39, 0.29) is 0 Å². The van der Waals surface area contributed by atoms with Crippen molar-refractivity contribution in [2.75, 3.05) is 0 Å². The predicted molar refractivity (Wildman–Crippen MR) is 72.4 cm³/mol. The molecule has 0 saturated carbocycles. The Morgan fingerprint density at radius 3 is 2.47 bits per heavy atom. The van der Waals surface area contributed by atoms with Gasteiger partial charge < -0.3 is 0 Å². The van der Waals surface area contributed by atoms with E-state index in [0.717, 1.165) is 22.8 Å². The van der Waals surface area contributed by atoms with E-state index < -0.39 is 0 Å². The van der Waals surface area contributed by atoms with E-state index in [1.165, 1.54) is 0 Å². The van der Waals surface area contributed by atoms with E-state index in [9.17, 15) is 0 Å². The van der Waals surface area contributed by atoms with Crippen LogP contribution >= 0.6 is 0 Å². The molecule has 4 nitrogen and oxygen atoms in total. The summed E-state index contributed by atoms with van der Waals surface area (Å²) in [4.78, 5) is 8.81. The molecule has 0 bridgehead atoms. The van der Waals surface area contributed by atoms with Gasteiger partial charge in [0, 0.05) is 17.3 Å². The van der Waals surface area contributed by atoms with Crippen LogP contribution in [0.25, 0.3) is 11.6 Å². The van der Waals surface area contributed by atoms with Crippen molar-refractivity contribution in [3.05, 3.63) is 66.5 Å². The first-order valence-corrected chi connectivity index (χ1v) is 6.19. The number of aromatic nitrogens is 4. The summed E-state index contributed by atoms with van der Waals surface area (Å²) in [6, 6.07) is 8.00. The first-order valence-electron chi connectivity index (χ1n) is 6.19. The van der Waals surface area contributed by atoms with Gasteiger partial charge in [0.25, 0.3) is 5.82 Å². The highest BCUT2D eigenvalue weighted by molar-refractivity contribution is 5.31. The zero-order chi connectivity index (χ0) is 13.2. The third kappa shape index (κ3) is 2.12. The van der Waals surface area contributed by atoms with Gasteiger partial charge in [0.15, 0.2) is 5.82 Å². The van der Waals surface area contributed by atoms with Crippen molar-refractivity contribution in [3.63, 3.8) is 0 Å². The fraction of sp³-hybridized carbons (Fsp3) is 0.133. The van der Waals surface area contributed by atoms with E-state index in [1.54, 1.807) is 12.4 Å². The molecule has 0 amide bonds. The van der Waals surface area contributed by atoms with Crippen molar-refractivity contribution in [1.29, 1.82) is 0 Å². The molecular formula is C15H15N4+. The third-order valence-corrected chi connectivity index (χ3v) is 3.09. The Bertz CT molecular complexity index is 655. The van der Waals surface area contributed by atoms with Gasteiger partial charge >= 0.3 is 0 Å². The minimum absolute atomic E-state index is 0.940. The second-order valence-corrected chi connectivity index (χ2v) is 4.52. The summed E-state index contributed by atoms with van der Waals surface area (Å²) < 4.78 is 4.01. The highest BCUT2D eigenvalue weighted by Gasteiger charge is 2.12. The van der Waals surface area contributed by atoms with Crippen LogP contribution in [-0.4, -0.2) is 14.5 Å². The highest BCUT2D eigenvalue weighted by atomic mass is 15.2. The Kier molecular flexibility index (Phi) is 2.83. The molecule has 0 radical (unpaired) electrons. The molecule has 0 fully saturated rings. The number of rotatable bonds is 2. The maximum Gasteiger partial charge on any atom is 0.269 e.